The van der Waals surface area contributed by atoms with Gasteiger partial charge in [-0.15, -0.1) is 0 Å². The van der Waals surface area contributed by atoms with Crippen LogP contribution >= 0.6 is 19.3 Å². The third kappa shape index (κ3) is 6.77. The first-order valence-electron chi connectivity index (χ1n) is 13.1. The van der Waals surface area contributed by atoms with Crippen LogP contribution in [-0.2, 0) is 32.9 Å². The summed E-state index contributed by atoms with van der Waals surface area (Å²) >= 11 is 5.69. The number of carbonyl (C=O) groups is 3. The number of carbonyl (C=O) groups excluding carboxylic acids is 3. The van der Waals surface area contributed by atoms with Gasteiger partial charge < -0.3 is 19.1 Å². The number of allylic oxidation sites excluding steroid dienone is 1. The zero-order valence-electron chi connectivity index (χ0n) is 23.4. The molecule has 2 aliphatic heterocycles. The number of ketones is 1. The first-order valence-corrected chi connectivity index (χ1v) is 15.1. The highest BCUT2D eigenvalue weighted by atomic mass is 35.5. The number of alkyl halides is 4. The van der Waals surface area contributed by atoms with Gasteiger partial charge in [0.15, 0.2) is 17.5 Å². The molecule has 2 aromatic carbocycles. The molecule has 240 valence electrons. The number of Topliss-reactive ketones (excluding diaryl/α,β-unsaturated/α-hetero) is 1. The van der Waals surface area contributed by atoms with Crippen molar-refractivity contribution in [2.75, 3.05) is 6.61 Å². The predicted octanol–water partition coefficient (Wildman–Crippen LogP) is 4.51. The van der Waals surface area contributed by atoms with Crippen LogP contribution in [0.5, 0.6) is 5.75 Å². The van der Waals surface area contributed by atoms with E-state index in [1.54, 1.807) is 44.2 Å². The Balaban J connectivity index is 1.67. The van der Waals surface area contributed by atoms with E-state index in [1.165, 1.54) is 19.1 Å². The summed E-state index contributed by atoms with van der Waals surface area (Å²) in [4.78, 5) is 36.6. The van der Waals surface area contributed by atoms with Crippen LogP contribution in [-0.4, -0.2) is 76.7 Å². The van der Waals surface area contributed by atoms with E-state index in [4.69, 9.17) is 30.1 Å². The number of nitrogens with zero attached hydrogens (tertiary/aromatic N) is 1. The van der Waals surface area contributed by atoms with Gasteiger partial charge in [-0.3, -0.25) is 23.8 Å². The van der Waals surface area contributed by atoms with Crippen molar-refractivity contribution in [2.45, 2.75) is 69.6 Å². The van der Waals surface area contributed by atoms with Gasteiger partial charge in [-0.05, 0) is 43.7 Å². The van der Waals surface area contributed by atoms with E-state index < -0.39 is 85.9 Å². The van der Waals surface area contributed by atoms with Gasteiger partial charge in [-0.25, -0.2) is 13.3 Å². The summed E-state index contributed by atoms with van der Waals surface area (Å²) in [5.41, 5.74) is -3.58. The maximum absolute atomic E-state index is 15.3. The minimum Gasteiger partial charge on any atom is -0.462 e. The lowest BCUT2D eigenvalue weighted by atomic mass is 9.95. The molecule has 0 aromatic heterocycles. The molecule has 11 nitrogen and oxygen atoms in total. The number of esters is 1. The van der Waals surface area contributed by atoms with Gasteiger partial charge in [0.05, 0.1) is 19.1 Å². The average Bonchev–Trinajstić information content (AvgIpc) is 3.15. The van der Waals surface area contributed by atoms with Crippen LogP contribution in [0.25, 0.3) is 10.8 Å². The number of benzene rings is 2. The Morgan fingerprint density at radius 3 is 2.48 bits per heavy atom. The quantitative estimate of drug-likeness (QED) is 0.152. The smallest absolute Gasteiger partial charge is 0.459 e. The van der Waals surface area contributed by atoms with Crippen molar-refractivity contribution in [1.29, 1.82) is 0 Å². The number of aliphatic hydroxyl groups is 1. The molecular weight excluding hydrogens is 639 g/mol. The third-order valence-corrected chi connectivity index (χ3v) is 8.62. The fourth-order valence-corrected chi connectivity index (χ4v) is 6.14. The molecule has 0 bridgehead atoms. The van der Waals surface area contributed by atoms with Crippen molar-refractivity contribution in [3.63, 3.8) is 0 Å². The topological polar surface area (TPSA) is 141 Å². The van der Waals surface area contributed by atoms with Crippen molar-refractivity contribution in [3.05, 3.63) is 53.7 Å². The second-order valence-corrected chi connectivity index (χ2v) is 12.5. The minimum absolute atomic E-state index is 0.116. The van der Waals surface area contributed by atoms with Gasteiger partial charge in [0.2, 0.25) is 12.1 Å². The summed E-state index contributed by atoms with van der Waals surface area (Å²) < 4.78 is 94.4. The summed E-state index contributed by atoms with van der Waals surface area (Å²) in [6.45, 7) is 2.61. The molecule has 1 unspecified atom stereocenters. The zero-order chi connectivity index (χ0) is 32.6. The Hall–Kier alpha value is -3.07. The Kier molecular flexibility index (Phi) is 9.79. The fraction of sp³-hybridized carbons (Fsp3) is 0.444. The van der Waals surface area contributed by atoms with Crippen molar-refractivity contribution in [2.24, 2.45) is 0 Å². The maximum Gasteiger partial charge on any atom is 0.459 e. The molecule has 0 spiro atoms. The highest BCUT2D eigenvalue weighted by Crippen LogP contribution is 2.52. The van der Waals surface area contributed by atoms with E-state index in [0.717, 1.165) is 5.39 Å². The first-order chi connectivity index (χ1) is 20.5. The van der Waals surface area contributed by atoms with Crippen molar-refractivity contribution in [1.82, 2.24) is 9.99 Å². The van der Waals surface area contributed by atoms with Crippen LogP contribution in [0, 0.1) is 0 Å². The number of rotatable bonds is 11. The van der Waals surface area contributed by atoms with Crippen LogP contribution in [0.3, 0.4) is 0 Å². The van der Waals surface area contributed by atoms with Gasteiger partial charge in [0.25, 0.3) is 6.43 Å². The number of ether oxygens (including phenoxy) is 2. The highest BCUT2D eigenvalue weighted by molar-refractivity contribution is 7.52. The number of halogens is 5. The lowest BCUT2D eigenvalue weighted by Crippen LogP contribution is -2.55. The van der Waals surface area contributed by atoms with Gasteiger partial charge >= 0.3 is 19.6 Å². The monoisotopic (exact) mass is 666 g/mol. The van der Waals surface area contributed by atoms with Crippen LogP contribution in [0.15, 0.2) is 53.7 Å². The second-order valence-electron chi connectivity index (χ2n) is 10.4. The number of amides is 1. The van der Waals surface area contributed by atoms with E-state index in [2.05, 4.69) is 5.09 Å². The standard InChI is InChI=1S/C27H28ClF4N2O9P/c1-14(2)41-22(37)15(3)33-44(39,43-18-9-8-16-6-4-5-7-17(16)10-18)40-13-26(24(29)30)23(38)27(31,32)25(42-26)34-12-19(28)20(35)11-21(34)36/h4-10,12,14-15,23-25,38H,11,13H2,1-3H3,(H,33,39)/t15-,23+,25+,26+,44?/m0/s1. The van der Waals surface area contributed by atoms with Crippen molar-refractivity contribution < 1.29 is 60.1 Å². The second kappa shape index (κ2) is 12.7. The number of nitrogens with one attached hydrogen (secondary N) is 1. The Morgan fingerprint density at radius 1 is 1.18 bits per heavy atom. The molecule has 0 radical (unpaired) electrons. The van der Waals surface area contributed by atoms with E-state index in [9.17, 15) is 32.8 Å². The minimum atomic E-state index is -4.94. The summed E-state index contributed by atoms with van der Waals surface area (Å²) in [7, 11) is -4.94. The fourth-order valence-electron chi connectivity index (χ4n) is 4.44. The molecule has 1 fully saturated rings. The molecule has 5 atom stereocenters. The normalized spacial score (nSPS) is 25.7. The van der Waals surface area contributed by atoms with Crippen LogP contribution in [0.4, 0.5) is 17.6 Å². The van der Waals surface area contributed by atoms with Gasteiger partial charge in [0, 0.05) is 6.20 Å². The molecule has 44 heavy (non-hydrogen) atoms. The molecule has 0 aliphatic carbocycles. The van der Waals surface area contributed by atoms with E-state index >= 15 is 8.78 Å². The number of fused-ring (bicyclic) bond motifs is 1. The Morgan fingerprint density at radius 2 is 1.84 bits per heavy atom. The van der Waals surface area contributed by atoms with E-state index in [1.807, 2.05) is 0 Å². The molecule has 17 heteroatoms. The number of hydrogen-bond acceptors (Lipinski definition) is 9. The maximum atomic E-state index is 15.3. The van der Waals surface area contributed by atoms with E-state index in [-0.39, 0.29) is 10.6 Å². The first kappa shape index (κ1) is 33.8. The molecule has 4 rings (SSSR count). The molecule has 1 amide bonds. The lowest BCUT2D eigenvalue weighted by Gasteiger charge is -2.33. The average molecular weight is 667 g/mol. The van der Waals surface area contributed by atoms with Crippen molar-refractivity contribution >= 4 is 47.8 Å². The van der Waals surface area contributed by atoms with E-state index in [0.29, 0.717) is 11.6 Å². The summed E-state index contributed by atoms with van der Waals surface area (Å²) in [5, 5.41) is 13.5. The zero-order valence-corrected chi connectivity index (χ0v) is 25.1. The molecular formula is C27H28ClF4N2O9P. The van der Waals surface area contributed by atoms with Gasteiger partial charge in [0.1, 0.15) is 16.8 Å². The Labute approximate surface area is 253 Å². The summed E-state index contributed by atoms with van der Waals surface area (Å²) in [6, 6.07) is 9.88. The molecule has 2 heterocycles. The third-order valence-electron chi connectivity index (χ3n) is 6.69. The SMILES string of the molecule is CC(C)OC(=O)[C@H](C)NP(=O)(OC[C@@]1(C(F)F)O[C@@H](N2C=C(Cl)C(=O)CC2=O)C(F)(F)[C@@H]1O)Oc1ccc2ccccc2c1. The van der Waals surface area contributed by atoms with Crippen LogP contribution < -0.4 is 9.61 Å². The van der Waals surface area contributed by atoms with Crippen molar-refractivity contribution in [3.8, 4) is 5.75 Å². The number of hydrogen-bond donors (Lipinski definition) is 2. The lowest BCUT2D eigenvalue weighted by molar-refractivity contribution is -0.201. The molecule has 2 aromatic rings. The highest BCUT2D eigenvalue weighted by Gasteiger charge is 2.72. The number of aliphatic hydroxyl groups excluding tert-OH is 1. The van der Waals surface area contributed by atoms with Crippen LogP contribution in [0.2, 0.25) is 0 Å². The molecule has 1 saturated heterocycles. The predicted molar refractivity (Wildman–Crippen MR) is 147 cm³/mol. The molecule has 2 N–H and O–H groups in total. The summed E-state index contributed by atoms with van der Waals surface area (Å²) in [6.07, 6.45) is -11.1. The Bertz CT molecular complexity index is 1530. The molecule has 0 saturated carbocycles. The molecule has 2 aliphatic rings. The van der Waals surface area contributed by atoms with Crippen LogP contribution in [0.1, 0.15) is 27.2 Å². The van der Waals surface area contributed by atoms with Gasteiger partial charge in [-0.2, -0.15) is 13.9 Å². The largest absolute Gasteiger partial charge is 0.462 e. The summed E-state index contributed by atoms with van der Waals surface area (Å²) in [5.74, 6) is -7.77. The van der Waals surface area contributed by atoms with Gasteiger partial charge in [-0.1, -0.05) is 41.9 Å².